The van der Waals surface area contributed by atoms with Gasteiger partial charge in [-0.1, -0.05) is 22.0 Å². The smallest absolute Gasteiger partial charge is 0.338 e. The molecule has 0 saturated carbocycles. The fourth-order valence-electron chi connectivity index (χ4n) is 1.88. The van der Waals surface area contributed by atoms with Gasteiger partial charge in [-0.3, -0.25) is 4.72 Å². The minimum atomic E-state index is -4.09. The van der Waals surface area contributed by atoms with Gasteiger partial charge in [-0.2, -0.15) is 0 Å². The highest BCUT2D eigenvalue weighted by Crippen LogP contribution is 2.28. The molecular weight excluding hydrogens is 377 g/mol. The first-order valence-electron chi connectivity index (χ1n) is 6.03. The Hall–Kier alpha value is -1.93. The summed E-state index contributed by atoms with van der Waals surface area (Å²) in [5, 5.41) is 9.27. The van der Waals surface area contributed by atoms with E-state index < -0.39 is 21.8 Å². The number of hydrogen-bond donors (Lipinski definition) is 2. The monoisotopic (exact) mass is 387 g/mol. The van der Waals surface area contributed by atoms with Crippen molar-refractivity contribution in [3.63, 3.8) is 0 Å². The number of rotatable bonds is 4. The van der Waals surface area contributed by atoms with Crippen LogP contribution in [0, 0.1) is 12.7 Å². The Morgan fingerprint density at radius 1 is 1.27 bits per heavy atom. The predicted molar refractivity (Wildman–Crippen MR) is 83.0 cm³/mol. The van der Waals surface area contributed by atoms with Crippen molar-refractivity contribution < 1.29 is 22.7 Å². The van der Waals surface area contributed by atoms with Gasteiger partial charge in [0.1, 0.15) is 5.82 Å². The fraction of sp³-hybridized carbons (Fsp3) is 0.0714. The van der Waals surface area contributed by atoms with Crippen molar-refractivity contribution in [1.82, 2.24) is 0 Å². The number of aromatic carboxylic acids is 1. The standard InChI is InChI=1S/C14H11BrFNO4S/c1-8-11(15)5-6-12(13(8)14(18)19)17-22(20,21)10-4-2-3-9(16)7-10/h2-7,17H,1H3,(H,18,19). The molecule has 0 aliphatic carbocycles. The van der Waals surface area contributed by atoms with Crippen molar-refractivity contribution in [3.05, 3.63) is 57.8 Å². The fourth-order valence-corrected chi connectivity index (χ4v) is 3.32. The average Bonchev–Trinajstić information content (AvgIpc) is 2.42. The lowest BCUT2D eigenvalue weighted by Gasteiger charge is -2.13. The van der Waals surface area contributed by atoms with Gasteiger partial charge in [0.05, 0.1) is 16.1 Å². The highest BCUT2D eigenvalue weighted by Gasteiger charge is 2.21. The summed E-state index contributed by atoms with van der Waals surface area (Å²) in [6, 6.07) is 7.31. The van der Waals surface area contributed by atoms with Gasteiger partial charge in [0.2, 0.25) is 0 Å². The summed E-state index contributed by atoms with van der Waals surface area (Å²) in [5.74, 6) is -1.97. The third-order valence-electron chi connectivity index (χ3n) is 2.96. The molecule has 0 heterocycles. The summed E-state index contributed by atoms with van der Waals surface area (Å²) in [7, 11) is -4.09. The van der Waals surface area contributed by atoms with Gasteiger partial charge in [-0.25, -0.2) is 17.6 Å². The van der Waals surface area contributed by atoms with E-state index in [-0.39, 0.29) is 16.1 Å². The number of halogens is 2. The number of nitrogens with one attached hydrogen (secondary N) is 1. The summed E-state index contributed by atoms with van der Waals surface area (Å²) in [6.45, 7) is 1.55. The summed E-state index contributed by atoms with van der Waals surface area (Å²) in [4.78, 5) is 11.1. The predicted octanol–water partition coefficient (Wildman–Crippen LogP) is 3.40. The van der Waals surface area contributed by atoms with Gasteiger partial charge < -0.3 is 5.11 Å². The lowest BCUT2D eigenvalue weighted by molar-refractivity contribution is 0.0697. The molecule has 0 aromatic heterocycles. The molecule has 0 amide bonds. The van der Waals surface area contributed by atoms with Crippen LogP contribution in [0.1, 0.15) is 15.9 Å². The molecule has 8 heteroatoms. The SMILES string of the molecule is Cc1c(Br)ccc(NS(=O)(=O)c2cccc(F)c2)c1C(=O)O. The summed E-state index contributed by atoms with van der Waals surface area (Å²) in [6.07, 6.45) is 0. The van der Waals surface area contributed by atoms with E-state index in [0.29, 0.717) is 10.0 Å². The van der Waals surface area contributed by atoms with E-state index in [1.807, 2.05) is 0 Å². The molecular formula is C14H11BrFNO4S. The minimum Gasteiger partial charge on any atom is -0.478 e. The number of carboxylic acids is 1. The molecule has 0 radical (unpaired) electrons. The van der Waals surface area contributed by atoms with Crippen molar-refractivity contribution >= 4 is 37.6 Å². The molecule has 0 unspecified atom stereocenters. The molecule has 0 aliphatic rings. The van der Waals surface area contributed by atoms with E-state index in [1.165, 1.54) is 24.3 Å². The average molecular weight is 388 g/mol. The number of benzene rings is 2. The molecule has 116 valence electrons. The number of hydrogen-bond acceptors (Lipinski definition) is 3. The van der Waals surface area contributed by atoms with Crippen LogP contribution in [-0.4, -0.2) is 19.5 Å². The van der Waals surface area contributed by atoms with Gasteiger partial charge >= 0.3 is 5.97 Å². The second-order valence-corrected chi connectivity index (χ2v) is 7.00. The molecule has 0 fully saturated rings. The Bertz CT molecular complexity index is 852. The number of carboxylic acid groups (broad SMARTS) is 1. The van der Waals surface area contributed by atoms with Crippen LogP contribution in [0.25, 0.3) is 0 Å². The lowest BCUT2D eigenvalue weighted by atomic mass is 10.1. The highest BCUT2D eigenvalue weighted by molar-refractivity contribution is 9.10. The summed E-state index contributed by atoms with van der Waals surface area (Å²) in [5.41, 5.74) is 0.124. The van der Waals surface area contributed by atoms with E-state index in [1.54, 1.807) is 6.92 Å². The first-order chi connectivity index (χ1) is 10.2. The maximum Gasteiger partial charge on any atom is 0.338 e. The van der Waals surface area contributed by atoms with Crippen LogP contribution in [-0.2, 0) is 10.0 Å². The number of carbonyl (C=O) groups is 1. The highest BCUT2D eigenvalue weighted by atomic mass is 79.9. The Balaban J connectivity index is 2.51. The van der Waals surface area contributed by atoms with Crippen LogP contribution >= 0.6 is 15.9 Å². The van der Waals surface area contributed by atoms with Crippen molar-refractivity contribution in [3.8, 4) is 0 Å². The topological polar surface area (TPSA) is 83.5 Å². The number of anilines is 1. The molecule has 2 aromatic carbocycles. The quantitative estimate of drug-likeness (QED) is 0.841. The van der Waals surface area contributed by atoms with Gasteiger partial charge in [-0.15, -0.1) is 0 Å². The molecule has 0 spiro atoms. The summed E-state index contributed by atoms with van der Waals surface area (Å²) >= 11 is 3.19. The first kappa shape index (κ1) is 16.4. The van der Waals surface area contributed by atoms with Crippen LogP contribution in [0.4, 0.5) is 10.1 Å². The molecule has 5 nitrogen and oxygen atoms in total. The molecule has 0 bridgehead atoms. The first-order valence-corrected chi connectivity index (χ1v) is 8.31. The molecule has 2 aromatic rings. The van der Waals surface area contributed by atoms with Gasteiger partial charge in [0.15, 0.2) is 0 Å². The van der Waals surface area contributed by atoms with Crippen LogP contribution in [0.3, 0.4) is 0 Å². The third kappa shape index (κ3) is 3.28. The molecule has 0 saturated heterocycles. The van der Waals surface area contributed by atoms with Crippen molar-refractivity contribution in [2.45, 2.75) is 11.8 Å². The minimum absolute atomic E-state index is 0.0857. The van der Waals surface area contributed by atoms with Crippen LogP contribution in [0.2, 0.25) is 0 Å². The second kappa shape index (κ2) is 6.05. The van der Waals surface area contributed by atoms with Crippen LogP contribution in [0.15, 0.2) is 45.8 Å². The van der Waals surface area contributed by atoms with Gasteiger partial charge in [0.25, 0.3) is 10.0 Å². The lowest BCUT2D eigenvalue weighted by Crippen LogP contribution is -2.16. The zero-order valence-electron chi connectivity index (χ0n) is 11.3. The third-order valence-corrected chi connectivity index (χ3v) is 5.19. The number of sulfonamides is 1. The molecule has 0 aliphatic heterocycles. The van der Waals surface area contributed by atoms with Crippen LogP contribution in [0.5, 0.6) is 0 Å². The van der Waals surface area contributed by atoms with Crippen LogP contribution < -0.4 is 4.72 Å². The Morgan fingerprint density at radius 2 is 1.95 bits per heavy atom. The molecule has 22 heavy (non-hydrogen) atoms. The van der Waals surface area contributed by atoms with E-state index in [4.69, 9.17) is 0 Å². The normalized spacial score (nSPS) is 11.2. The van der Waals surface area contributed by atoms with Gasteiger partial charge in [-0.05, 0) is 42.8 Å². The Labute approximate surface area is 135 Å². The van der Waals surface area contributed by atoms with E-state index in [2.05, 4.69) is 20.7 Å². The van der Waals surface area contributed by atoms with Crippen molar-refractivity contribution in [2.24, 2.45) is 0 Å². The zero-order valence-corrected chi connectivity index (χ0v) is 13.7. The summed E-state index contributed by atoms with van der Waals surface area (Å²) < 4.78 is 40.4. The van der Waals surface area contributed by atoms with E-state index >= 15 is 0 Å². The Kier molecular flexibility index (Phi) is 4.52. The molecule has 2 rings (SSSR count). The van der Waals surface area contributed by atoms with E-state index in [0.717, 1.165) is 12.1 Å². The Morgan fingerprint density at radius 3 is 2.55 bits per heavy atom. The molecule has 0 atom stereocenters. The zero-order chi connectivity index (χ0) is 16.5. The van der Waals surface area contributed by atoms with Crippen molar-refractivity contribution in [2.75, 3.05) is 4.72 Å². The maximum atomic E-state index is 13.2. The van der Waals surface area contributed by atoms with Crippen molar-refractivity contribution in [1.29, 1.82) is 0 Å². The van der Waals surface area contributed by atoms with Gasteiger partial charge in [0, 0.05) is 4.47 Å². The van der Waals surface area contributed by atoms with E-state index in [9.17, 15) is 22.7 Å². The maximum absolute atomic E-state index is 13.2. The molecule has 2 N–H and O–H groups in total. The second-order valence-electron chi connectivity index (χ2n) is 4.46. The largest absolute Gasteiger partial charge is 0.478 e.